The van der Waals surface area contributed by atoms with Crippen molar-refractivity contribution < 1.29 is 9.53 Å². The molecular weight excluding hydrogens is 238 g/mol. The van der Waals surface area contributed by atoms with E-state index in [-0.39, 0.29) is 5.91 Å². The van der Waals surface area contributed by atoms with E-state index in [2.05, 4.69) is 12.1 Å². The Morgan fingerprint density at radius 2 is 1.79 bits per heavy atom. The van der Waals surface area contributed by atoms with Crippen LogP contribution in [0.25, 0.3) is 0 Å². The van der Waals surface area contributed by atoms with Gasteiger partial charge in [0, 0.05) is 25.8 Å². The first kappa shape index (κ1) is 12.7. The number of aryl methyl sites for hydroxylation is 3. The minimum atomic E-state index is 0.236. The first-order valence-electron chi connectivity index (χ1n) is 7.23. The van der Waals surface area contributed by atoms with Gasteiger partial charge in [-0.2, -0.15) is 0 Å². The Bertz CT molecular complexity index is 496. The van der Waals surface area contributed by atoms with Crippen LogP contribution in [0.5, 0.6) is 0 Å². The first-order chi connectivity index (χ1) is 9.29. The van der Waals surface area contributed by atoms with Gasteiger partial charge < -0.3 is 9.64 Å². The van der Waals surface area contributed by atoms with Gasteiger partial charge in [0.15, 0.2) is 0 Å². The highest BCUT2D eigenvalue weighted by molar-refractivity contribution is 5.96. The monoisotopic (exact) mass is 259 g/mol. The molecule has 0 saturated heterocycles. The van der Waals surface area contributed by atoms with E-state index in [1.54, 1.807) is 7.11 Å². The van der Waals surface area contributed by atoms with Crippen LogP contribution in [0, 0.1) is 0 Å². The molecule has 0 saturated carbocycles. The summed E-state index contributed by atoms with van der Waals surface area (Å²) in [5.41, 5.74) is 5.43. The number of methoxy groups -OCH3 is 1. The second-order valence-electron chi connectivity index (χ2n) is 5.49. The van der Waals surface area contributed by atoms with Crippen molar-refractivity contribution in [1.29, 1.82) is 0 Å². The molecule has 3 rings (SSSR count). The summed E-state index contributed by atoms with van der Waals surface area (Å²) in [4.78, 5) is 14.0. The molecule has 1 aromatic carbocycles. The molecule has 3 heteroatoms. The molecule has 1 amide bonds. The summed E-state index contributed by atoms with van der Waals surface area (Å²) >= 11 is 0. The van der Waals surface area contributed by atoms with Crippen LogP contribution < -0.4 is 4.90 Å². The molecule has 0 fully saturated rings. The van der Waals surface area contributed by atoms with Gasteiger partial charge in [0.1, 0.15) is 0 Å². The third-order valence-corrected chi connectivity index (χ3v) is 4.26. The lowest BCUT2D eigenvalue weighted by atomic mass is 9.87. The van der Waals surface area contributed by atoms with Crippen molar-refractivity contribution in [2.75, 3.05) is 25.2 Å². The summed E-state index contributed by atoms with van der Waals surface area (Å²) in [5, 5.41) is 0. The molecule has 19 heavy (non-hydrogen) atoms. The zero-order valence-electron chi connectivity index (χ0n) is 11.6. The number of amides is 1. The van der Waals surface area contributed by atoms with Crippen molar-refractivity contribution in [2.24, 2.45) is 0 Å². The number of rotatable bonds is 3. The standard InChI is InChI=1S/C16H21NO2/c1-19-9-8-17-15-11-13-5-3-2-4-12(13)10-14(15)6-7-16(17)18/h10-11H,2-9H2,1H3. The van der Waals surface area contributed by atoms with Crippen LogP contribution >= 0.6 is 0 Å². The maximum absolute atomic E-state index is 12.1. The van der Waals surface area contributed by atoms with Crippen LogP contribution in [0.2, 0.25) is 0 Å². The molecule has 1 aromatic rings. The van der Waals surface area contributed by atoms with Gasteiger partial charge in [-0.3, -0.25) is 4.79 Å². The zero-order chi connectivity index (χ0) is 13.2. The van der Waals surface area contributed by atoms with E-state index in [0.29, 0.717) is 19.6 Å². The SMILES string of the molecule is COCCN1C(=O)CCc2cc3c(cc21)CCCC3. The minimum Gasteiger partial charge on any atom is -0.383 e. The minimum absolute atomic E-state index is 0.236. The number of hydrogen-bond donors (Lipinski definition) is 0. The molecule has 1 aliphatic heterocycles. The number of anilines is 1. The van der Waals surface area contributed by atoms with Crippen molar-refractivity contribution >= 4 is 11.6 Å². The van der Waals surface area contributed by atoms with E-state index in [1.165, 1.54) is 36.0 Å². The number of nitrogens with zero attached hydrogens (tertiary/aromatic N) is 1. The molecule has 0 N–H and O–H groups in total. The van der Waals surface area contributed by atoms with Gasteiger partial charge in [0.25, 0.3) is 0 Å². The smallest absolute Gasteiger partial charge is 0.227 e. The lowest BCUT2D eigenvalue weighted by Crippen LogP contribution is -2.37. The molecule has 1 aliphatic carbocycles. The van der Waals surface area contributed by atoms with Crippen molar-refractivity contribution in [3.8, 4) is 0 Å². The number of benzene rings is 1. The van der Waals surface area contributed by atoms with Crippen molar-refractivity contribution in [1.82, 2.24) is 0 Å². The average Bonchev–Trinajstić information content (AvgIpc) is 2.44. The molecule has 102 valence electrons. The average molecular weight is 259 g/mol. The van der Waals surface area contributed by atoms with E-state index in [9.17, 15) is 4.79 Å². The van der Waals surface area contributed by atoms with E-state index >= 15 is 0 Å². The van der Waals surface area contributed by atoms with Gasteiger partial charge in [0.2, 0.25) is 5.91 Å². The molecular formula is C16H21NO2. The van der Waals surface area contributed by atoms with Gasteiger partial charge in [-0.15, -0.1) is 0 Å². The molecule has 0 radical (unpaired) electrons. The highest BCUT2D eigenvalue weighted by Gasteiger charge is 2.25. The third-order valence-electron chi connectivity index (χ3n) is 4.26. The van der Waals surface area contributed by atoms with Crippen LogP contribution in [-0.4, -0.2) is 26.2 Å². The van der Waals surface area contributed by atoms with Crippen LogP contribution in [0.3, 0.4) is 0 Å². The molecule has 0 bridgehead atoms. The van der Waals surface area contributed by atoms with Crippen LogP contribution in [0.15, 0.2) is 12.1 Å². The summed E-state index contributed by atoms with van der Waals surface area (Å²) in [5.74, 6) is 0.236. The maximum Gasteiger partial charge on any atom is 0.227 e. The maximum atomic E-state index is 12.1. The van der Waals surface area contributed by atoms with E-state index in [1.807, 2.05) is 4.90 Å². The number of carbonyl (C=O) groups is 1. The molecule has 0 atom stereocenters. The third kappa shape index (κ3) is 2.39. The Kier molecular flexibility index (Phi) is 3.56. The summed E-state index contributed by atoms with van der Waals surface area (Å²) in [6.07, 6.45) is 6.47. The molecule has 3 nitrogen and oxygen atoms in total. The second-order valence-corrected chi connectivity index (χ2v) is 5.49. The molecule has 1 heterocycles. The van der Waals surface area contributed by atoms with Crippen molar-refractivity contribution in [3.63, 3.8) is 0 Å². The fraction of sp³-hybridized carbons (Fsp3) is 0.562. The normalized spacial score (nSPS) is 18.2. The molecule has 0 spiro atoms. The zero-order valence-corrected chi connectivity index (χ0v) is 11.6. The van der Waals surface area contributed by atoms with E-state index in [0.717, 1.165) is 18.5 Å². The Balaban J connectivity index is 1.96. The fourth-order valence-electron chi connectivity index (χ4n) is 3.21. The van der Waals surface area contributed by atoms with Crippen LogP contribution in [0.1, 0.15) is 36.0 Å². The predicted molar refractivity (Wildman–Crippen MR) is 75.6 cm³/mol. The second kappa shape index (κ2) is 5.33. The number of hydrogen-bond acceptors (Lipinski definition) is 2. The quantitative estimate of drug-likeness (QED) is 0.834. The van der Waals surface area contributed by atoms with Gasteiger partial charge in [-0.25, -0.2) is 0 Å². The first-order valence-corrected chi connectivity index (χ1v) is 7.23. The highest BCUT2D eigenvalue weighted by Crippen LogP contribution is 2.33. The Morgan fingerprint density at radius 3 is 2.53 bits per heavy atom. The Hall–Kier alpha value is -1.35. The van der Waals surface area contributed by atoms with Crippen LogP contribution in [-0.2, 0) is 28.8 Å². The van der Waals surface area contributed by atoms with Gasteiger partial charge in [0.05, 0.1) is 6.61 Å². The molecule has 0 unspecified atom stereocenters. The largest absolute Gasteiger partial charge is 0.383 e. The van der Waals surface area contributed by atoms with Crippen molar-refractivity contribution in [2.45, 2.75) is 38.5 Å². The Morgan fingerprint density at radius 1 is 1.05 bits per heavy atom. The van der Waals surface area contributed by atoms with E-state index < -0.39 is 0 Å². The topological polar surface area (TPSA) is 29.5 Å². The van der Waals surface area contributed by atoms with Gasteiger partial charge in [-0.05, 0) is 54.9 Å². The lowest BCUT2D eigenvalue weighted by Gasteiger charge is -2.31. The number of fused-ring (bicyclic) bond motifs is 2. The van der Waals surface area contributed by atoms with Crippen LogP contribution in [0.4, 0.5) is 5.69 Å². The Labute approximate surface area is 114 Å². The number of carbonyl (C=O) groups excluding carboxylic acids is 1. The molecule has 0 aromatic heterocycles. The summed E-state index contributed by atoms with van der Waals surface area (Å²) < 4.78 is 5.13. The van der Waals surface area contributed by atoms with E-state index in [4.69, 9.17) is 4.74 Å². The summed E-state index contributed by atoms with van der Waals surface area (Å²) in [6, 6.07) is 4.60. The lowest BCUT2D eigenvalue weighted by molar-refractivity contribution is -0.119. The number of ether oxygens (including phenoxy) is 1. The summed E-state index contributed by atoms with van der Waals surface area (Å²) in [7, 11) is 1.68. The molecule has 2 aliphatic rings. The highest BCUT2D eigenvalue weighted by atomic mass is 16.5. The fourth-order valence-corrected chi connectivity index (χ4v) is 3.21. The predicted octanol–water partition coefficient (Wildman–Crippen LogP) is 2.49. The summed E-state index contributed by atoms with van der Waals surface area (Å²) in [6.45, 7) is 1.27. The van der Waals surface area contributed by atoms with Gasteiger partial charge >= 0.3 is 0 Å². The van der Waals surface area contributed by atoms with Gasteiger partial charge in [-0.1, -0.05) is 6.07 Å². The van der Waals surface area contributed by atoms with Crippen molar-refractivity contribution in [3.05, 3.63) is 28.8 Å².